The van der Waals surface area contributed by atoms with Crippen LogP contribution < -0.4 is 4.73 Å². The van der Waals surface area contributed by atoms with Crippen molar-refractivity contribution < 1.29 is 19.1 Å². The number of fused-ring (bicyclic) bond motifs is 1. The van der Waals surface area contributed by atoms with Crippen molar-refractivity contribution in [3.8, 4) is 0 Å². The van der Waals surface area contributed by atoms with Crippen molar-refractivity contribution in [1.82, 2.24) is 0 Å². The zero-order chi connectivity index (χ0) is 16.4. The quantitative estimate of drug-likeness (QED) is 0.376. The number of hydrogen-bond donors (Lipinski definition) is 0. The van der Waals surface area contributed by atoms with Gasteiger partial charge in [0.1, 0.15) is 0 Å². The molecule has 1 aliphatic carbocycles. The number of esters is 1. The molecule has 5 nitrogen and oxygen atoms in total. The van der Waals surface area contributed by atoms with Crippen LogP contribution in [0.4, 0.5) is 0 Å². The van der Waals surface area contributed by atoms with Crippen LogP contribution in [0, 0.1) is 5.21 Å². The Bertz CT molecular complexity index is 752. The van der Waals surface area contributed by atoms with Gasteiger partial charge in [-0.05, 0) is 43.4 Å². The molecule has 1 heterocycles. The Morgan fingerprint density at radius 1 is 1.09 bits per heavy atom. The molecule has 1 atom stereocenters. The summed E-state index contributed by atoms with van der Waals surface area (Å²) >= 11 is 0. The van der Waals surface area contributed by atoms with E-state index in [1.165, 1.54) is 35.7 Å². The smallest absolute Gasteiger partial charge is 0.339 e. The molecule has 0 saturated carbocycles. The third-order valence-electron chi connectivity index (χ3n) is 4.07. The minimum absolute atomic E-state index is 0.220. The van der Waals surface area contributed by atoms with Crippen molar-refractivity contribution in [2.24, 2.45) is 0 Å². The number of benzene rings is 1. The van der Waals surface area contributed by atoms with E-state index in [9.17, 15) is 14.8 Å². The molecule has 0 N–H and O–H groups in total. The SMILES string of the molecule is C[C@@H](OC(=O)c1cc[n+]([O-])cc1)C(=O)c1ccc2c(c1)CCC2. The summed E-state index contributed by atoms with van der Waals surface area (Å²) in [5, 5.41) is 11.0. The molecule has 2 aromatic rings. The summed E-state index contributed by atoms with van der Waals surface area (Å²) in [7, 11) is 0. The number of hydrogen-bond acceptors (Lipinski definition) is 4. The van der Waals surface area contributed by atoms with Gasteiger partial charge in [0.2, 0.25) is 5.78 Å². The van der Waals surface area contributed by atoms with E-state index in [1.807, 2.05) is 12.1 Å². The molecule has 0 radical (unpaired) electrons. The predicted octanol–water partition coefficient (Wildman–Crippen LogP) is 2.24. The second kappa shape index (κ2) is 6.20. The highest BCUT2D eigenvalue weighted by Gasteiger charge is 2.22. The Labute approximate surface area is 134 Å². The lowest BCUT2D eigenvalue weighted by Crippen LogP contribution is -2.27. The monoisotopic (exact) mass is 311 g/mol. The fraction of sp³-hybridized carbons (Fsp3) is 0.278. The van der Waals surface area contributed by atoms with Crippen molar-refractivity contribution in [3.63, 3.8) is 0 Å². The maximum atomic E-state index is 12.4. The van der Waals surface area contributed by atoms with Gasteiger partial charge in [-0.1, -0.05) is 12.1 Å². The van der Waals surface area contributed by atoms with Gasteiger partial charge in [0, 0.05) is 17.7 Å². The third kappa shape index (κ3) is 3.23. The molecule has 5 heteroatoms. The second-order valence-electron chi connectivity index (χ2n) is 5.70. The summed E-state index contributed by atoms with van der Waals surface area (Å²) in [4.78, 5) is 24.4. The van der Waals surface area contributed by atoms with Crippen LogP contribution in [-0.2, 0) is 17.6 Å². The van der Waals surface area contributed by atoms with Gasteiger partial charge in [0.15, 0.2) is 18.5 Å². The highest BCUT2D eigenvalue weighted by Crippen LogP contribution is 2.23. The van der Waals surface area contributed by atoms with Gasteiger partial charge in [-0.25, -0.2) is 4.79 Å². The number of ketones is 1. The third-order valence-corrected chi connectivity index (χ3v) is 4.07. The van der Waals surface area contributed by atoms with Crippen LogP contribution in [0.2, 0.25) is 0 Å². The first-order chi connectivity index (χ1) is 11.0. The number of carbonyl (C=O) groups excluding carboxylic acids is 2. The number of ether oxygens (including phenoxy) is 1. The van der Waals surface area contributed by atoms with E-state index in [-0.39, 0.29) is 11.3 Å². The first-order valence-electron chi connectivity index (χ1n) is 7.60. The topological polar surface area (TPSA) is 70.3 Å². The summed E-state index contributed by atoms with van der Waals surface area (Å²) < 4.78 is 5.79. The molecule has 0 bridgehead atoms. The van der Waals surface area contributed by atoms with Gasteiger partial charge >= 0.3 is 5.97 Å². The number of Topliss-reactive ketones (excluding diaryl/α,β-unsaturated/α-hetero) is 1. The van der Waals surface area contributed by atoms with Crippen LogP contribution in [0.5, 0.6) is 0 Å². The summed E-state index contributed by atoms with van der Waals surface area (Å²) in [6, 6.07) is 8.40. The normalized spacial score (nSPS) is 14.1. The summed E-state index contributed by atoms with van der Waals surface area (Å²) in [5.74, 6) is -0.838. The second-order valence-corrected chi connectivity index (χ2v) is 5.70. The average Bonchev–Trinajstić information content (AvgIpc) is 3.02. The van der Waals surface area contributed by atoms with Crippen LogP contribution in [-0.4, -0.2) is 17.9 Å². The number of nitrogens with zero attached hydrogens (tertiary/aromatic N) is 1. The molecular weight excluding hydrogens is 294 g/mol. The van der Waals surface area contributed by atoms with Crippen molar-refractivity contribution in [2.45, 2.75) is 32.3 Å². The van der Waals surface area contributed by atoms with Crippen molar-refractivity contribution in [3.05, 3.63) is 70.2 Å². The predicted molar refractivity (Wildman–Crippen MR) is 83.1 cm³/mol. The summed E-state index contributed by atoms with van der Waals surface area (Å²) in [6.45, 7) is 1.56. The Hall–Kier alpha value is -2.69. The number of rotatable bonds is 4. The van der Waals surface area contributed by atoms with Crippen molar-refractivity contribution >= 4 is 11.8 Å². The zero-order valence-electron chi connectivity index (χ0n) is 12.8. The lowest BCUT2D eigenvalue weighted by atomic mass is 10.0. The highest BCUT2D eigenvalue weighted by atomic mass is 16.5. The number of aryl methyl sites for hydroxylation is 2. The van der Waals surface area contributed by atoms with Crippen LogP contribution in [0.1, 0.15) is 45.2 Å². The van der Waals surface area contributed by atoms with Gasteiger partial charge in [0.05, 0.1) is 5.56 Å². The van der Waals surface area contributed by atoms with Crippen LogP contribution in [0.15, 0.2) is 42.7 Å². The molecule has 0 spiro atoms. The Kier molecular flexibility index (Phi) is 4.10. The van der Waals surface area contributed by atoms with Crippen molar-refractivity contribution in [1.29, 1.82) is 0 Å². The average molecular weight is 311 g/mol. The van der Waals surface area contributed by atoms with Gasteiger partial charge in [-0.3, -0.25) is 4.79 Å². The highest BCUT2D eigenvalue weighted by molar-refractivity contribution is 6.01. The van der Waals surface area contributed by atoms with E-state index in [4.69, 9.17) is 4.74 Å². The zero-order valence-corrected chi connectivity index (χ0v) is 12.8. The molecule has 0 unspecified atom stereocenters. The Morgan fingerprint density at radius 3 is 2.52 bits per heavy atom. The molecule has 0 aliphatic heterocycles. The first-order valence-corrected chi connectivity index (χ1v) is 7.60. The van der Waals surface area contributed by atoms with Crippen LogP contribution >= 0.6 is 0 Å². The van der Waals surface area contributed by atoms with Gasteiger partial charge in [-0.2, -0.15) is 4.73 Å². The molecule has 1 aromatic carbocycles. The molecule has 23 heavy (non-hydrogen) atoms. The van der Waals surface area contributed by atoms with E-state index in [1.54, 1.807) is 13.0 Å². The largest absolute Gasteiger partial charge is 0.619 e. The molecule has 3 rings (SSSR count). The minimum Gasteiger partial charge on any atom is -0.619 e. The van der Waals surface area contributed by atoms with E-state index in [0.717, 1.165) is 19.3 Å². The molecule has 0 saturated heterocycles. The fourth-order valence-corrected chi connectivity index (χ4v) is 2.79. The molecule has 0 amide bonds. The number of pyridine rings is 1. The van der Waals surface area contributed by atoms with Gasteiger partial charge in [-0.15, -0.1) is 0 Å². The molecule has 118 valence electrons. The summed E-state index contributed by atoms with van der Waals surface area (Å²) in [6.07, 6.45) is 4.71. The van der Waals surface area contributed by atoms with E-state index in [0.29, 0.717) is 10.3 Å². The lowest BCUT2D eigenvalue weighted by Gasteiger charge is -2.13. The van der Waals surface area contributed by atoms with Crippen LogP contribution in [0.25, 0.3) is 0 Å². The fourth-order valence-electron chi connectivity index (χ4n) is 2.79. The maximum Gasteiger partial charge on any atom is 0.339 e. The number of aromatic nitrogens is 1. The molecule has 1 aliphatic rings. The standard InChI is InChI=1S/C18H17NO4/c1-12(23-18(21)14-7-9-19(22)10-8-14)17(20)16-6-5-13-3-2-4-15(13)11-16/h5-12H,2-4H2,1H3/t12-/m1/s1. The van der Waals surface area contributed by atoms with E-state index in [2.05, 4.69) is 0 Å². The van der Waals surface area contributed by atoms with E-state index >= 15 is 0 Å². The van der Waals surface area contributed by atoms with Gasteiger partial charge in [0.25, 0.3) is 0 Å². The summed E-state index contributed by atoms with van der Waals surface area (Å²) in [5.41, 5.74) is 3.31. The maximum absolute atomic E-state index is 12.4. The Morgan fingerprint density at radius 2 is 1.78 bits per heavy atom. The van der Waals surface area contributed by atoms with Gasteiger partial charge < -0.3 is 9.94 Å². The van der Waals surface area contributed by atoms with Crippen molar-refractivity contribution in [2.75, 3.05) is 0 Å². The van der Waals surface area contributed by atoms with Crippen LogP contribution in [0.3, 0.4) is 0 Å². The molecular formula is C18H17NO4. The first kappa shape index (κ1) is 15.2. The number of carbonyl (C=O) groups is 2. The molecule has 0 fully saturated rings. The lowest BCUT2D eigenvalue weighted by molar-refractivity contribution is -0.605. The Balaban J connectivity index is 1.70. The minimum atomic E-state index is -0.874. The van der Waals surface area contributed by atoms with E-state index < -0.39 is 12.1 Å². The molecule has 1 aromatic heterocycles.